The number of anilines is 2. The van der Waals surface area contributed by atoms with Crippen molar-refractivity contribution < 1.29 is 4.79 Å². The number of benzene rings is 1. The summed E-state index contributed by atoms with van der Waals surface area (Å²) in [6.45, 7) is 4.26. The van der Waals surface area contributed by atoms with Gasteiger partial charge in [-0.05, 0) is 29.7 Å². The van der Waals surface area contributed by atoms with Gasteiger partial charge in [0.15, 0.2) is 0 Å². The highest BCUT2D eigenvalue weighted by molar-refractivity contribution is 8.00. The Balaban J connectivity index is 1.93. The molecule has 0 fully saturated rings. The lowest BCUT2D eigenvalue weighted by Gasteiger charge is -2.10. The molecule has 0 radical (unpaired) electrons. The number of hydrogen-bond acceptors (Lipinski definition) is 4. The van der Waals surface area contributed by atoms with Gasteiger partial charge in [0, 0.05) is 16.8 Å². The Hall–Kier alpha value is -2.01. The molecule has 1 aromatic carbocycles. The van der Waals surface area contributed by atoms with Crippen molar-refractivity contribution in [3.05, 3.63) is 48.3 Å². The number of thioether (sulfide) groups is 1. The van der Waals surface area contributed by atoms with Crippen LogP contribution in [-0.4, -0.2) is 16.6 Å². The first-order valence-corrected chi connectivity index (χ1v) is 7.77. The van der Waals surface area contributed by atoms with E-state index in [1.807, 2.05) is 24.3 Å². The van der Waals surface area contributed by atoms with Crippen LogP contribution in [0.1, 0.15) is 25.3 Å². The summed E-state index contributed by atoms with van der Waals surface area (Å²) < 4.78 is 0. The molecule has 1 amide bonds. The molecule has 0 aliphatic rings. The summed E-state index contributed by atoms with van der Waals surface area (Å²) in [7, 11) is 0. The van der Waals surface area contributed by atoms with Crippen LogP contribution >= 0.6 is 11.8 Å². The highest BCUT2D eigenvalue weighted by Gasteiger charge is 2.07. The quantitative estimate of drug-likeness (QED) is 0.829. The molecule has 0 aliphatic carbocycles. The molecule has 0 aliphatic heterocycles. The van der Waals surface area contributed by atoms with Gasteiger partial charge < -0.3 is 11.1 Å². The van der Waals surface area contributed by atoms with Crippen molar-refractivity contribution in [2.75, 3.05) is 16.8 Å². The first kappa shape index (κ1) is 15.4. The third-order valence-electron chi connectivity index (χ3n) is 3.01. The molecule has 1 aromatic heterocycles. The fraction of sp³-hybridized carbons (Fsp3) is 0.250. The smallest absolute Gasteiger partial charge is 0.234 e. The first-order chi connectivity index (χ1) is 10.1. The van der Waals surface area contributed by atoms with Crippen molar-refractivity contribution in [3.63, 3.8) is 0 Å². The summed E-state index contributed by atoms with van der Waals surface area (Å²) in [5.74, 6) is 0.713. The minimum absolute atomic E-state index is 0.0443. The molecule has 21 heavy (non-hydrogen) atoms. The maximum Gasteiger partial charge on any atom is 0.234 e. The third kappa shape index (κ3) is 4.49. The topological polar surface area (TPSA) is 68.0 Å². The van der Waals surface area contributed by atoms with Gasteiger partial charge >= 0.3 is 0 Å². The van der Waals surface area contributed by atoms with E-state index in [9.17, 15) is 4.79 Å². The maximum atomic E-state index is 12.0. The number of nitrogens with one attached hydrogen (secondary N) is 1. The average Bonchev–Trinajstić information content (AvgIpc) is 2.46. The summed E-state index contributed by atoms with van der Waals surface area (Å²) in [4.78, 5) is 16.8. The van der Waals surface area contributed by atoms with E-state index in [1.54, 1.807) is 12.4 Å². The zero-order valence-electron chi connectivity index (χ0n) is 12.2. The Morgan fingerprint density at radius 1 is 1.38 bits per heavy atom. The average molecular weight is 301 g/mol. The summed E-state index contributed by atoms with van der Waals surface area (Å²) in [6, 6.07) is 9.74. The number of aromatic nitrogens is 1. The fourth-order valence-electron chi connectivity index (χ4n) is 1.84. The summed E-state index contributed by atoms with van der Waals surface area (Å²) in [5.41, 5.74) is 8.43. The lowest BCUT2D eigenvalue weighted by Crippen LogP contribution is -2.14. The van der Waals surface area contributed by atoms with Crippen LogP contribution in [0.5, 0.6) is 0 Å². The molecule has 2 rings (SSSR count). The Morgan fingerprint density at radius 2 is 2.19 bits per heavy atom. The van der Waals surface area contributed by atoms with Crippen molar-refractivity contribution in [2.45, 2.75) is 24.7 Å². The summed E-state index contributed by atoms with van der Waals surface area (Å²) in [6.07, 6.45) is 3.26. The van der Waals surface area contributed by atoms with E-state index in [2.05, 4.69) is 30.2 Å². The second kappa shape index (κ2) is 7.13. The van der Waals surface area contributed by atoms with E-state index in [0.29, 0.717) is 17.4 Å². The molecular formula is C16H19N3OS. The van der Waals surface area contributed by atoms with Crippen molar-refractivity contribution in [2.24, 2.45) is 0 Å². The lowest BCUT2D eigenvalue weighted by atomic mass is 10.0. The molecule has 1 heterocycles. The number of rotatable bonds is 5. The molecule has 110 valence electrons. The minimum Gasteiger partial charge on any atom is -0.397 e. The highest BCUT2D eigenvalue weighted by Crippen LogP contribution is 2.24. The van der Waals surface area contributed by atoms with Gasteiger partial charge in [-0.15, -0.1) is 11.8 Å². The number of amides is 1. The number of pyridine rings is 1. The molecule has 0 saturated heterocycles. The van der Waals surface area contributed by atoms with E-state index in [-0.39, 0.29) is 5.91 Å². The maximum absolute atomic E-state index is 12.0. The zero-order chi connectivity index (χ0) is 15.2. The van der Waals surface area contributed by atoms with E-state index in [4.69, 9.17) is 5.73 Å². The molecule has 3 N–H and O–H groups in total. The van der Waals surface area contributed by atoms with Gasteiger partial charge in [-0.25, -0.2) is 0 Å². The van der Waals surface area contributed by atoms with Gasteiger partial charge in [0.1, 0.15) is 0 Å². The number of nitrogen functional groups attached to an aromatic ring is 1. The molecule has 0 spiro atoms. The van der Waals surface area contributed by atoms with Gasteiger partial charge in [-0.2, -0.15) is 0 Å². The van der Waals surface area contributed by atoms with E-state index in [1.165, 1.54) is 17.3 Å². The van der Waals surface area contributed by atoms with Crippen LogP contribution in [0.3, 0.4) is 0 Å². The number of carbonyl (C=O) groups excluding carboxylic acids is 1. The second-order valence-electron chi connectivity index (χ2n) is 5.03. The molecule has 0 unspecified atom stereocenters. The molecule has 4 nitrogen and oxygen atoms in total. The normalized spacial score (nSPS) is 10.6. The monoisotopic (exact) mass is 301 g/mol. The number of carbonyl (C=O) groups is 1. The van der Waals surface area contributed by atoms with Crippen LogP contribution in [0, 0.1) is 0 Å². The van der Waals surface area contributed by atoms with Crippen LogP contribution < -0.4 is 11.1 Å². The van der Waals surface area contributed by atoms with Crippen LogP contribution in [0.2, 0.25) is 0 Å². The summed E-state index contributed by atoms with van der Waals surface area (Å²) in [5, 5.41) is 2.91. The van der Waals surface area contributed by atoms with Crippen molar-refractivity contribution >= 4 is 29.0 Å². The molecule has 0 bridgehead atoms. The largest absolute Gasteiger partial charge is 0.397 e. The fourth-order valence-corrected chi connectivity index (χ4v) is 2.58. The first-order valence-electron chi connectivity index (χ1n) is 6.78. The molecule has 2 aromatic rings. The van der Waals surface area contributed by atoms with Crippen molar-refractivity contribution in [1.82, 2.24) is 4.98 Å². The minimum atomic E-state index is -0.0443. The van der Waals surface area contributed by atoms with Crippen molar-refractivity contribution in [1.29, 1.82) is 0 Å². The van der Waals surface area contributed by atoms with Crippen LogP contribution in [0.15, 0.2) is 47.6 Å². The number of nitrogens with zero attached hydrogens (tertiary/aromatic N) is 1. The second-order valence-corrected chi connectivity index (χ2v) is 6.05. The predicted octanol–water partition coefficient (Wildman–Crippen LogP) is 3.52. The van der Waals surface area contributed by atoms with Crippen LogP contribution in [-0.2, 0) is 4.79 Å². The molecule has 0 saturated carbocycles. The molecule has 0 atom stereocenters. The Labute approximate surface area is 129 Å². The van der Waals surface area contributed by atoms with Crippen LogP contribution in [0.25, 0.3) is 0 Å². The van der Waals surface area contributed by atoms with E-state index < -0.39 is 0 Å². The third-order valence-corrected chi connectivity index (χ3v) is 4.10. The molecule has 5 heteroatoms. The summed E-state index contributed by atoms with van der Waals surface area (Å²) >= 11 is 1.41. The zero-order valence-corrected chi connectivity index (χ0v) is 13.0. The SMILES string of the molecule is CC(C)c1cccc(NC(=O)CSc2ccncc2N)c1. The Kier molecular flexibility index (Phi) is 5.22. The van der Waals surface area contributed by atoms with Crippen LogP contribution in [0.4, 0.5) is 11.4 Å². The number of hydrogen-bond donors (Lipinski definition) is 2. The van der Waals surface area contributed by atoms with E-state index in [0.717, 1.165) is 10.6 Å². The number of nitrogens with two attached hydrogens (primary N) is 1. The highest BCUT2D eigenvalue weighted by atomic mass is 32.2. The van der Waals surface area contributed by atoms with E-state index >= 15 is 0 Å². The van der Waals surface area contributed by atoms with Gasteiger partial charge in [0.2, 0.25) is 5.91 Å². The van der Waals surface area contributed by atoms with Gasteiger partial charge in [0.05, 0.1) is 17.6 Å². The lowest BCUT2D eigenvalue weighted by molar-refractivity contribution is -0.113. The predicted molar refractivity (Wildman–Crippen MR) is 88.5 cm³/mol. The van der Waals surface area contributed by atoms with Gasteiger partial charge in [0.25, 0.3) is 0 Å². The van der Waals surface area contributed by atoms with Crippen molar-refractivity contribution in [3.8, 4) is 0 Å². The Bertz CT molecular complexity index is 628. The molecular weight excluding hydrogens is 282 g/mol. The van der Waals surface area contributed by atoms with Gasteiger partial charge in [-0.1, -0.05) is 26.0 Å². The standard InChI is InChI=1S/C16H19N3OS/c1-11(2)12-4-3-5-13(8-12)19-16(20)10-21-15-6-7-18-9-14(15)17/h3-9,11H,10,17H2,1-2H3,(H,19,20). The van der Waals surface area contributed by atoms with Gasteiger partial charge in [-0.3, -0.25) is 9.78 Å². The Morgan fingerprint density at radius 3 is 2.90 bits per heavy atom.